The molecule has 1 heterocycles. The molecule has 0 saturated heterocycles. The predicted octanol–water partition coefficient (Wildman–Crippen LogP) is 3.64. The van der Waals surface area contributed by atoms with Crippen LogP contribution in [0.15, 0.2) is 66.5 Å². The zero-order chi connectivity index (χ0) is 18.4. The molecule has 0 bridgehead atoms. The van der Waals surface area contributed by atoms with Crippen molar-refractivity contribution in [2.45, 2.75) is 4.90 Å². The zero-order valence-corrected chi connectivity index (χ0v) is 16.6. The van der Waals surface area contributed by atoms with Crippen molar-refractivity contribution in [3.63, 3.8) is 0 Å². The topological polar surface area (TPSA) is 80.6 Å². The monoisotopic (exact) mass is 435 g/mol. The third-order valence-corrected chi connectivity index (χ3v) is 9.09. The van der Waals surface area contributed by atoms with E-state index in [1.165, 1.54) is 30.3 Å². The largest absolute Gasteiger partial charge is 0.290 e. The van der Waals surface area contributed by atoms with Crippen molar-refractivity contribution in [3.05, 3.63) is 62.9 Å². The van der Waals surface area contributed by atoms with Crippen molar-refractivity contribution in [3.8, 4) is 0 Å². The van der Waals surface area contributed by atoms with E-state index >= 15 is 0 Å². The molecule has 1 aromatic carbocycles. The fourth-order valence-corrected chi connectivity index (χ4v) is 7.75. The zero-order valence-electron chi connectivity index (χ0n) is 12.7. The summed E-state index contributed by atoms with van der Waals surface area (Å²) in [6.45, 7) is 0. The minimum absolute atomic E-state index is 0.144. The lowest BCUT2D eigenvalue weighted by Crippen LogP contribution is -2.18. The molecule has 1 aliphatic carbocycles. The van der Waals surface area contributed by atoms with E-state index in [0.29, 0.717) is 16.2 Å². The molecule has 132 valence electrons. The van der Waals surface area contributed by atoms with Crippen molar-refractivity contribution < 1.29 is 17.4 Å². The average molecular weight is 436 g/mol. The fourth-order valence-electron chi connectivity index (χ4n) is 2.35. The molecule has 0 radical (unpaired) electrons. The first-order valence-corrected chi connectivity index (χ1v) is 12.7. The molecule has 0 saturated carbocycles. The Morgan fingerprint density at radius 3 is 2.36 bits per heavy atom. The minimum atomic E-state index is -4.23. The smallest absolute Gasteiger partial charge is 0.289 e. The lowest BCUT2D eigenvalue weighted by molar-refractivity contribution is -0.110. The number of ketones is 1. The van der Waals surface area contributed by atoms with E-state index in [4.69, 9.17) is 22.3 Å². The van der Waals surface area contributed by atoms with Crippen LogP contribution in [0, 0.1) is 0 Å². The third-order valence-electron chi connectivity index (χ3n) is 3.39. The third kappa shape index (κ3) is 3.68. The number of nitrogens with zero attached hydrogens (tertiary/aromatic N) is 1. The number of hydrogen-bond acceptors (Lipinski definition) is 4. The summed E-state index contributed by atoms with van der Waals surface area (Å²) < 4.78 is 41.6. The van der Waals surface area contributed by atoms with Crippen LogP contribution in [0.4, 0.5) is 0 Å². The second-order valence-electron chi connectivity index (χ2n) is 5.25. The highest BCUT2D eigenvalue weighted by molar-refractivity contribution is 8.36. The molecule has 10 heteroatoms. The molecular formula is C15H11Cl2NO4S3. The number of fused-ring (bicyclic) bond motifs is 1. The summed E-state index contributed by atoms with van der Waals surface area (Å²) in [5.41, 5.74) is 1.02. The van der Waals surface area contributed by atoms with Gasteiger partial charge in [-0.05, 0) is 63.4 Å². The summed E-state index contributed by atoms with van der Waals surface area (Å²) in [5.74, 6) is -0.540. The van der Waals surface area contributed by atoms with Gasteiger partial charge in [0.15, 0.2) is 5.78 Å². The van der Waals surface area contributed by atoms with Crippen molar-refractivity contribution in [2.75, 3.05) is 6.26 Å². The Hall–Kier alpha value is -1.19. The second kappa shape index (κ2) is 6.51. The van der Waals surface area contributed by atoms with Crippen LogP contribution >= 0.6 is 32.0 Å². The molecule has 0 aromatic heterocycles. The van der Waals surface area contributed by atoms with Gasteiger partial charge in [0.1, 0.15) is 4.91 Å². The second-order valence-corrected chi connectivity index (χ2v) is 11.9. The number of hydrogen-bond donors (Lipinski definition) is 0. The van der Waals surface area contributed by atoms with E-state index in [2.05, 4.69) is 3.77 Å². The van der Waals surface area contributed by atoms with Gasteiger partial charge in [0.25, 0.3) is 10.0 Å². The van der Waals surface area contributed by atoms with E-state index < -0.39 is 35.2 Å². The van der Waals surface area contributed by atoms with Gasteiger partial charge in [-0.3, -0.25) is 4.79 Å². The van der Waals surface area contributed by atoms with E-state index in [1.807, 2.05) is 0 Å². The molecule has 3 rings (SSSR count). The predicted molar refractivity (Wildman–Crippen MR) is 104 cm³/mol. The van der Waals surface area contributed by atoms with Crippen molar-refractivity contribution in [1.29, 1.82) is 0 Å². The van der Waals surface area contributed by atoms with Gasteiger partial charge in [-0.1, -0.05) is 21.3 Å². The van der Waals surface area contributed by atoms with Crippen LogP contribution in [0.2, 0.25) is 5.02 Å². The van der Waals surface area contributed by atoms with E-state index in [1.54, 1.807) is 16.9 Å². The van der Waals surface area contributed by atoms with Crippen LogP contribution in [-0.2, 0) is 24.5 Å². The Morgan fingerprint density at radius 2 is 1.72 bits per heavy atom. The first-order chi connectivity index (χ1) is 11.6. The Morgan fingerprint density at radius 1 is 1.08 bits per heavy atom. The van der Waals surface area contributed by atoms with Crippen LogP contribution < -0.4 is 0 Å². The highest BCUT2D eigenvalue weighted by atomic mass is 35.7. The Labute approximate surface area is 157 Å². The van der Waals surface area contributed by atoms with Gasteiger partial charge in [0.05, 0.1) is 14.6 Å². The van der Waals surface area contributed by atoms with Gasteiger partial charge in [0.2, 0.25) is 0 Å². The number of rotatable bonds is 3. The van der Waals surface area contributed by atoms with Gasteiger partial charge in [-0.2, -0.15) is 8.42 Å². The van der Waals surface area contributed by atoms with E-state index in [0.717, 1.165) is 6.26 Å². The molecule has 0 N–H and O–H groups in total. The maximum absolute atomic E-state index is 13.1. The normalized spacial score (nSPS) is 22.1. The number of allylic oxidation sites excluding steroid dienone is 5. The molecule has 0 fully saturated rings. The van der Waals surface area contributed by atoms with Gasteiger partial charge in [-0.15, -0.1) is 3.77 Å². The SMILES string of the molecule is CS(=O)(=NS(=O)(=O)c1ccc(Cl)cc1)C1=C2C=S(Cl)C=C2C=CC1=O. The summed E-state index contributed by atoms with van der Waals surface area (Å²) in [7, 11) is -2.43. The highest BCUT2D eigenvalue weighted by Gasteiger charge is 2.30. The average Bonchev–Trinajstić information content (AvgIpc) is 2.86. The Balaban J connectivity index is 2.19. The summed E-state index contributed by atoms with van der Waals surface area (Å²) in [6.07, 6.45) is 3.94. The van der Waals surface area contributed by atoms with Crippen molar-refractivity contribution in [2.24, 2.45) is 3.77 Å². The molecule has 25 heavy (non-hydrogen) atoms. The van der Waals surface area contributed by atoms with Crippen LogP contribution in [0.1, 0.15) is 0 Å². The fraction of sp³-hybridized carbons (Fsp3) is 0.0667. The standard InChI is InChI=1S/C15H11Cl2NO4S3/c1-24(20,18-25(21,22)12-5-3-11(16)4-6-12)15-13-9-23(17)8-10(13)2-7-14(15)19/h2-9H,1H3. The quantitative estimate of drug-likeness (QED) is 0.678. The Kier molecular flexibility index (Phi) is 4.85. The lowest BCUT2D eigenvalue weighted by Gasteiger charge is -2.14. The molecule has 2 aliphatic rings. The first-order valence-electron chi connectivity index (χ1n) is 6.76. The van der Waals surface area contributed by atoms with Gasteiger partial charge in [-0.25, -0.2) is 4.21 Å². The summed E-state index contributed by atoms with van der Waals surface area (Å²) in [4.78, 5) is 12.0. The summed E-state index contributed by atoms with van der Waals surface area (Å²) >= 11 is 5.75. The van der Waals surface area contributed by atoms with Crippen molar-refractivity contribution >= 4 is 62.9 Å². The van der Waals surface area contributed by atoms with Gasteiger partial charge < -0.3 is 0 Å². The molecule has 0 amide bonds. The molecule has 2 unspecified atom stereocenters. The van der Waals surface area contributed by atoms with Crippen molar-refractivity contribution in [1.82, 2.24) is 0 Å². The lowest BCUT2D eigenvalue weighted by atomic mass is 10.0. The molecule has 2 atom stereocenters. The number of benzene rings is 1. The maximum Gasteiger partial charge on any atom is 0.290 e. The number of carbonyl (C=O) groups excluding carboxylic acids is 1. The van der Waals surface area contributed by atoms with E-state index in [-0.39, 0.29) is 9.80 Å². The summed E-state index contributed by atoms with van der Waals surface area (Å²) in [6, 6.07) is 5.31. The molecular weight excluding hydrogens is 425 g/mol. The van der Waals surface area contributed by atoms with Gasteiger partial charge in [0, 0.05) is 16.9 Å². The van der Waals surface area contributed by atoms with Crippen LogP contribution in [0.3, 0.4) is 0 Å². The Bertz CT molecular complexity index is 1130. The number of carbonyl (C=O) groups is 1. The number of halogens is 2. The van der Waals surface area contributed by atoms with Crippen LogP contribution in [0.5, 0.6) is 0 Å². The molecule has 1 aromatic rings. The highest BCUT2D eigenvalue weighted by Crippen LogP contribution is 2.38. The first kappa shape index (κ1) is 18.6. The van der Waals surface area contributed by atoms with Gasteiger partial charge >= 0.3 is 0 Å². The minimum Gasteiger partial charge on any atom is -0.289 e. The molecule has 1 aliphatic heterocycles. The van der Waals surface area contributed by atoms with Crippen LogP contribution in [-0.4, -0.2) is 30.0 Å². The summed E-state index contributed by atoms with van der Waals surface area (Å²) in [5, 5.41) is 3.66. The van der Waals surface area contributed by atoms with Crippen LogP contribution in [0.25, 0.3) is 0 Å². The van der Waals surface area contributed by atoms with E-state index in [9.17, 15) is 17.4 Å². The molecule has 5 nitrogen and oxygen atoms in total. The number of sulfonamides is 1. The maximum atomic E-state index is 13.1. The molecule has 0 spiro atoms.